The molecule has 2 rings (SSSR count). The van der Waals surface area contributed by atoms with Gasteiger partial charge in [-0.1, -0.05) is 24.6 Å². The van der Waals surface area contributed by atoms with E-state index < -0.39 is 0 Å². The van der Waals surface area contributed by atoms with E-state index in [1.165, 1.54) is 12.8 Å². The van der Waals surface area contributed by atoms with Crippen molar-refractivity contribution in [3.63, 3.8) is 0 Å². The van der Waals surface area contributed by atoms with E-state index in [4.69, 9.17) is 5.73 Å². The molecule has 2 N–H and O–H groups in total. The first-order valence-corrected chi connectivity index (χ1v) is 7.15. The van der Waals surface area contributed by atoms with Gasteiger partial charge in [0.15, 0.2) is 0 Å². The molecule has 2 atom stereocenters. The van der Waals surface area contributed by atoms with Crippen LogP contribution in [0.3, 0.4) is 0 Å². The Hall–Kier alpha value is -1.37. The van der Waals surface area contributed by atoms with Crippen molar-refractivity contribution < 1.29 is 0 Å². The molecule has 3 nitrogen and oxygen atoms in total. The topological polar surface area (TPSA) is 53.0 Å². The van der Waals surface area contributed by atoms with Crippen LogP contribution < -0.4 is 5.73 Å². The summed E-state index contributed by atoms with van der Waals surface area (Å²) in [5.41, 5.74) is 8.26. The van der Waals surface area contributed by atoms with Gasteiger partial charge in [-0.25, -0.2) is 0 Å². The summed E-state index contributed by atoms with van der Waals surface area (Å²) in [6, 6.07) is 10.9. The van der Waals surface area contributed by atoms with Crippen molar-refractivity contribution >= 4 is 0 Å². The lowest BCUT2D eigenvalue weighted by atomic mass is 9.92. The van der Waals surface area contributed by atoms with E-state index in [2.05, 4.69) is 30.9 Å². The van der Waals surface area contributed by atoms with Gasteiger partial charge in [0, 0.05) is 12.1 Å². The van der Waals surface area contributed by atoms with Crippen LogP contribution in [0.4, 0.5) is 0 Å². The molecule has 19 heavy (non-hydrogen) atoms. The maximum atomic E-state index is 9.32. The lowest BCUT2D eigenvalue weighted by Gasteiger charge is -2.37. The molecule has 2 unspecified atom stereocenters. The van der Waals surface area contributed by atoms with E-state index in [-0.39, 0.29) is 12.1 Å². The molecule has 0 bridgehead atoms. The first-order valence-electron chi connectivity index (χ1n) is 7.15. The molecule has 0 aliphatic carbocycles. The smallest absolute Gasteiger partial charge is 0.0995 e. The SMILES string of the molecule is CC(C)N1CCCCC(N)C1c1ccccc1C#N. The molecule has 0 radical (unpaired) electrons. The van der Waals surface area contributed by atoms with Crippen molar-refractivity contribution in [2.24, 2.45) is 5.73 Å². The Morgan fingerprint density at radius 3 is 2.74 bits per heavy atom. The Kier molecular flexibility index (Phi) is 4.57. The average Bonchev–Trinajstić information content (AvgIpc) is 2.60. The summed E-state index contributed by atoms with van der Waals surface area (Å²) in [5.74, 6) is 0. The minimum atomic E-state index is 0.111. The number of likely N-dealkylation sites (tertiary alicyclic amines) is 1. The Bertz CT molecular complexity index is 461. The normalized spacial score (nSPS) is 25.0. The zero-order valence-corrected chi connectivity index (χ0v) is 11.8. The quantitative estimate of drug-likeness (QED) is 0.886. The lowest BCUT2D eigenvalue weighted by molar-refractivity contribution is 0.144. The number of rotatable bonds is 2. The standard InChI is InChI=1S/C16H23N3/c1-12(2)19-10-6-5-9-15(18)16(19)14-8-4-3-7-13(14)11-17/h3-4,7-8,12,15-16H,5-6,9-10,18H2,1-2H3. The van der Waals surface area contributed by atoms with Gasteiger partial charge in [-0.05, 0) is 44.9 Å². The van der Waals surface area contributed by atoms with Crippen molar-refractivity contribution in [2.75, 3.05) is 6.54 Å². The Balaban J connectivity index is 2.44. The van der Waals surface area contributed by atoms with Gasteiger partial charge < -0.3 is 5.73 Å². The molecular weight excluding hydrogens is 234 g/mol. The van der Waals surface area contributed by atoms with E-state index in [0.29, 0.717) is 6.04 Å². The fourth-order valence-corrected chi connectivity index (χ4v) is 3.06. The highest BCUT2D eigenvalue weighted by molar-refractivity contribution is 5.40. The van der Waals surface area contributed by atoms with Crippen LogP contribution in [0.2, 0.25) is 0 Å². The predicted molar refractivity (Wildman–Crippen MR) is 77.6 cm³/mol. The molecule has 1 fully saturated rings. The van der Waals surface area contributed by atoms with E-state index in [1.54, 1.807) is 0 Å². The molecule has 1 aromatic carbocycles. The summed E-state index contributed by atoms with van der Waals surface area (Å²) in [6.45, 7) is 5.48. The minimum absolute atomic E-state index is 0.111. The molecule has 0 spiro atoms. The first-order chi connectivity index (χ1) is 9.15. The summed E-state index contributed by atoms with van der Waals surface area (Å²) in [6.07, 6.45) is 3.40. The molecule has 1 heterocycles. The molecule has 0 aromatic heterocycles. The monoisotopic (exact) mass is 257 g/mol. The van der Waals surface area contributed by atoms with E-state index in [1.807, 2.05) is 18.2 Å². The fourth-order valence-electron chi connectivity index (χ4n) is 3.06. The van der Waals surface area contributed by atoms with E-state index in [0.717, 1.165) is 24.1 Å². The highest BCUT2D eigenvalue weighted by Crippen LogP contribution is 2.32. The molecule has 1 aromatic rings. The molecule has 102 valence electrons. The highest BCUT2D eigenvalue weighted by atomic mass is 15.2. The Labute approximate surface area is 116 Å². The second-order valence-corrected chi connectivity index (χ2v) is 5.64. The number of benzene rings is 1. The summed E-state index contributed by atoms with van der Waals surface area (Å²) < 4.78 is 0. The zero-order chi connectivity index (χ0) is 13.8. The number of nitrogens with zero attached hydrogens (tertiary/aromatic N) is 2. The third-order valence-corrected chi connectivity index (χ3v) is 4.03. The minimum Gasteiger partial charge on any atom is -0.326 e. The van der Waals surface area contributed by atoms with Crippen LogP contribution in [0.5, 0.6) is 0 Å². The zero-order valence-electron chi connectivity index (χ0n) is 11.8. The van der Waals surface area contributed by atoms with Crippen molar-refractivity contribution in [1.29, 1.82) is 5.26 Å². The molecule has 3 heteroatoms. The van der Waals surface area contributed by atoms with Crippen LogP contribution in [0.25, 0.3) is 0 Å². The molecule has 0 saturated carbocycles. The Morgan fingerprint density at radius 1 is 1.32 bits per heavy atom. The maximum absolute atomic E-state index is 9.32. The third-order valence-electron chi connectivity index (χ3n) is 4.03. The molecule has 1 aliphatic heterocycles. The number of nitriles is 1. The van der Waals surface area contributed by atoms with Gasteiger partial charge in [-0.3, -0.25) is 4.90 Å². The fraction of sp³-hybridized carbons (Fsp3) is 0.562. The van der Waals surface area contributed by atoms with Crippen LogP contribution in [0, 0.1) is 11.3 Å². The van der Waals surface area contributed by atoms with Gasteiger partial charge in [0.1, 0.15) is 0 Å². The van der Waals surface area contributed by atoms with Crippen molar-refractivity contribution in [3.05, 3.63) is 35.4 Å². The van der Waals surface area contributed by atoms with Gasteiger partial charge in [0.25, 0.3) is 0 Å². The van der Waals surface area contributed by atoms with Crippen LogP contribution in [-0.2, 0) is 0 Å². The van der Waals surface area contributed by atoms with Crippen molar-refractivity contribution in [1.82, 2.24) is 4.90 Å². The van der Waals surface area contributed by atoms with Crippen molar-refractivity contribution in [2.45, 2.75) is 51.2 Å². The van der Waals surface area contributed by atoms with E-state index in [9.17, 15) is 5.26 Å². The van der Waals surface area contributed by atoms with Crippen molar-refractivity contribution in [3.8, 4) is 6.07 Å². The van der Waals surface area contributed by atoms with Crippen LogP contribution in [-0.4, -0.2) is 23.5 Å². The van der Waals surface area contributed by atoms with Gasteiger partial charge in [0.05, 0.1) is 17.7 Å². The summed E-state index contributed by atoms with van der Waals surface area (Å²) in [7, 11) is 0. The molecule has 0 amide bonds. The average molecular weight is 257 g/mol. The van der Waals surface area contributed by atoms with Crippen LogP contribution in [0.15, 0.2) is 24.3 Å². The largest absolute Gasteiger partial charge is 0.326 e. The molecule has 1 saturated heterocycles. The highest BCUT2D eigenvalue weighted by Gasteiger charge is 2.31. The number of hydrogen-bond acceptors (Lipinski definition) is 3. The molecular formula is C16H23N3. The van der Waals surface area contributed by atoms with Gasteiger partial charge in [-0.15, -0.1) is 0 Å². The van der Waals surface area contributed by atoms with Gasteiger partial charge in [-0.2, -0.15) is 5.26 Å². The third kappa shape index (κ3) is 2.97. The molecule has 1 aliphatic rings. The summed E-state index contributed by atoms with van der Waals surface area (Å²) >= 11 is 0. The number of nitrogens with two attached hydrogens (primary N) is 1. The second kappa shape index (κ2) is 6.18. The predicted octanol–water partition coefficient (Wildman–Crippen LogP) is 2.82. The number of hydrogen-bond donors (Lipinski definition) is 1. The van der Waals surface area contributed by atoms with Crippen LogP contribution >= 0.6 is 0 Å². The summed E-state index contributed by atoms with van der Waals surface area (Å²) in [5, 5.41) is 9.32. The first kappa shape index (κ1) is 14.0. The van der Waals surface area contributed by atoms with Gasteiger partial charge >= 0.3 is 0 Å². The van der Waals surface area contributed by atoms with Gasteiger partial charge in [0.2, 0.25) is 0 Å². The van der Waals surface area contributed by atoms with E-state index >= 15 is 0 Å². The lowest BCUT2D eigenvalue weighted by Crippen LogP contribution is -2.43. The summed E-state index contributed by atoms with van der Waals surface area (Å²) in [4.78, 5) is 2.45. The van der Waals surface area contributed by atoms with Crippen LogP contribution in [0.1, 0.15) is 50.3 Å². The Morgan fingerprint density at radius 2 is 2.05 bits per heavy atom. The second-order valence-electron chi connectivity index (χ2n) is 5.64. The maximum Gasteiger partial charge on any atom is 0.0995 e.